The zero-order valence-electron chi connectivity index (χ0n) is 23.3. The van der Waals surface area contributed by atoms with Crippen LogP contribution in [0.15, 0.2) is 72.9 Å². The number of hydrogen-bond donors (Lipinski definition) is 2. The molecule has 6 heteroatoms. The number of fused-ring (bicyclic) bond motifs is 1. The summed E-state index contributed by atoms with van der Waals surface area (Å²) in [6.45, 7) is 10.1. The molecule has 4 rings (SSSR count). The molecule has 0 radical (unpaired) electrons. The number of rotatable bonds is 8. The number of carbonyl (C=O) groups is 1. The van der Waals surface area contributed by atoms with Crippen LogP contribution in [0.1, 0.15) is 38.3 Å². The summed E-state index contributed by atoms with van der Waals surface area (Å²) in [5, 5.41) is 8.14. The number of benzene rings is 3. The number of aryl methyl sites for hydroxylation is 1. The van der Waals surface area contributed by atoms with Crippen LogP contribution in [0.5, 0.6) is 0 Å². The van der Waals surface area contributed by atoms with Crippen molar-refractivity contribution in [3.8, 4) is 11.1 Å². The molecule has 0 bridgehead atoms. The van der Waals surface area contributed by atoms with Crippen LogP contribution in [-0.2, 0) is 10.2 Å². The lowest BCUT2D eigenvalue weighted by atomic mass is 9.86. The van der Waals surface area contributed by atoms with Crippen LogP contribution in [0.4, 0.5) is 22.0 Å². The molecule has 0 fully saturated rings. The Morgan fingerprint density at radius 1 is 0.947 bits per heavy atom. The molecule has 0 saturated heterocycles. The average Bonchev–Trinajstić information content (AvgIpc) is 2.90. The molecule has 0 unspecified atom stereocenters. The van der Waals surface area contributed by atoms with Gasteiger partial charge in [-0.25, -0.2) is 9.78 Å². The standard InChI is InChI=1S/C32H38N4O2/c1-22-12-14-24(32(2,3)4)20-29(22)35-31(37)34-28-16-15-25(26-10-7-8-11-27(26)28)23-13-17-30(33-21-23)36(5)18-9-19-38-6/h7-8,10-17,20-21H,9,18-19H2,1-6H3,(H2,34,35,37). The zero-order valence-corrected chi connectivity index (χ0v) is 23.3. The van der Waals surface area contributed by atoms with Gasteiger partial charge in [-0.3, -0.25) is 0 Å². The van der Waals surface area contributed by atoms with Crippen molar-refractivity contribution in [2.45, 2.75) is 39.5 Å². The van der Waals surface area contributed by atoms with Gasteiger partial charge in [0.05, 0.1) is 5.69 Å². The van der Waals surface area contributed by atoms with E-state index in [-0.39, 0.29) is 11.4 Å². The molecule has 3 aromatic carbocycles. The first kappa shape index (κ1) is 27.1. The molecule has 2 amide bonds. The highest BCUT2D eigenvalue weighted by Gasteiger charge is 2.16. The number of amides is 2. The molecule has 0 aliphatic rings. The molecule has 6 nitrogen and oxygen atoms in total. The van der Waals surface area contributed by atoms with Crippen LogP contribution >= 0.6 is 0 Å². The van der Waals surface area contributed by atoms with Crippen molar-refractivity contribution in [1.82, 2.24) is 4.98 Å². The lowest BCUT2D eigenvalue weighted by molar-refractivity contribution is 0.196. The van der Waals surface area contributed by atoms with Crippen LogP contribution in [0.25, 0.3) is 21.9 Å². The molecule has 0 atom stereocenters. The number of nitrogens with zero attached hydrogens (tertiary/aromatic N) is 2. The highest BCUT2D eigenvalue weighted by atomic mass is 16.5. The average molecular weight is 511 g/mol. The van der Waals surface area contributed by atoms with Crippen molar-refractivity contribution in [2.75, 3.05) is 42.8 Å². The van der Waals surface area contributed by atoms with E-state index in [9.17, 15) is 4.79 Å². The fourth-order valence-corrected chi connectivity index (χ4v) is 4.49. The zero-order chi connectivity index (χ0) is 27.3. The number of methoxy groups -OCH3 is 1. The fraction of sp³-hybridized carbons (Fsp3) is 0.312. The Hall–Kier alpha value is -3.90. The number of aromatic nitrogens is 1. The molecule has 0 spiro atoms. The molecular formula is C32H38N4O2. The Kier molecular flexibility index (Phi) is 8.32. The monoisotopic (exact) mass is 510 g/mol. The molecule has 1 heterocycles. The van der Waals surface area contributed by atoms with E-state index < -0.39 is 0 Å². The van der Waals surface area contributed by atoms with Crippen molar-refractivity contribution < 1.29 is 9.53 Å². The third kappa shape index (κ3) is 6.32. The number of ether oxygens (including phenoxy) is 1. The largest absolute Gasteiger partial charge is 0.385 e. The van der Waals surface area contributed by atoms with Gasteiger partial charge in [-0.05, 0) is 65.1 Å². The Bertz CT molecular complexity index is 1410. The Balaban J connectivity index is 1.56. The molecule has 1 aromatic heterocycles. The number of anilines is 3. The summed E-state index contributed by atoms with van der Waals surface area (Å²) in [4.78, 5) is 19.9. The number of pyridine rings is 1. The first-order valence-corrected chi connectivity index (χ1v) is 13.0. The topological polar surface area (TPSA) is 66.5 Å². The van der Waals surface area contributed by atoms with E-state index in [4.69, 9.17) is 9.72 Å². The summed E-state index contributed by atoms with van der Waals surface area (Å²) in [5.74, 6) is 0.926. The van der Waals surface area contributed by atoms with Gasteiger partial charge in [0.15, 0.2) is 0 Å². The first-order chi connectivity index (χ1) is 18.2. The van der Waals surface area contributed by atoms with Crippen molar-refractivity contribution in [2.24, 2.45) is 0 Å². The maximum atomic E-state index is 13.0. The molecule has 38 heavy (non-hydrogen) atoms. The van der Waals surface area contributed by atoms with Crippen LogP contribution in [0.3, 0.4) is 0 Å². The summed E-state index contributed by atoms with van der Waals surface area (Å²) >= 11 is 0. The molecule has 4 aromatic rings. The highest BCUT2D eigenvalue weighted by Crippen LogP contribution is 2.34. The summed E-state index contributed by atoms with van der Waals surface area (Å²) in [6, 6.07) is 22.2. The van der Waals surface area contributed by atoms with E-state index in [1.807, 2.05) is 56.6 Å². The Labute approximate surface area is 226 Å². The summed E-state index contributed by atoms with van der Waals surface area (Å²) in [6.07, 6.45) is 2.86. The van der Waals surface area contributed by atoms with Gasteiger partial charge >= 0.3 is 6.03 Å². The van der Waals surface area contributed by atoms with Gasteiger partial charge in [0, 0.05) is 50.1 Å². The fourth-order valence-electron chi connectivity index (χ4n) is 4.49. The van der Waals surface area contributed by atoms with Crippen molar-refractivity contribution >= 4 is 34.0 Å². The number of carbonyl (C=O) groups excluding carboxylic acids is 1. The van der Waals surface area contributed by atoms with Crippen molar-refractivity contribution in [1.29, 1.82) is 0 Å². The second-order valence-corrected chi connectivity index (χ2v) is 10.7. The minimum Gasteiger partial charge on any atom is -0.385 e. The van der Waals surface area contributed by atoms with E-state index >= 15 is 0 Å². The van der Waals surface area contributed by atoms with Gasteiger partial charge in [0.2, 0.25) is 0 Å². The van der Waals surface area contributed by atoms with Crippen LogP contribution in [0, 0.1) is 6.92 Å². The predicted molar refractivity (Wildman–Crippen MR) is 159 cm³/mol. The second-order valence-electron chi connectivity index (χ2n) is 10.7. The molecule has 2 N–H and O–H groups in total. The van der Waals surface area contributed by atoms with E-state index in [1.165, 1.54) is 5.56 Å². The second kappa shape index (κ2) is 11.7. The minimum absolute atomic E-state index is 0.000866. The van der Waals surface area contributed by atoms with Gasteiger partial charge in [-0.2, -0.15) is 0 Å². The number of nitrogens with one attached hydrogen (secondary N) is 2. The van der Waals surface area contributed by atoms with E-state index in [0.29, 0.717) is 0 Å². The van der Waals surface area contributed by atoms with Crippen LogP contribution < -0.4 is 15.5 Å². The maximum Gasteiger partial charge on any atom is 0.323 e. The normalized spacial score (nSPS) is 11.4. The highest BCUT2D eigenvalue weighted by molar-refractivity contribution is 6.09. The summed E-state index contributed by atoms with van der Waals surface area (Å²) < 4.78 is 5.15. The number of hydrogen-bond acceptors (Lipinski definition) is 4. The SMILES string of the molecule is COCCCN(C)c1ccc(-c2ccc(NC(=O)Nc3cc(C(C)(C)C)ccc3C)c3ccccc23)cn1. The van der Waals surface area contributed by atoms with E-state index in [1.54, 1.807) is 7.11 Å². The quantitative estimate of drug-likeness (QED) is 0.239. The van der Waals surface area contributed by atoms with Gasteiger partial charge < -0.3 is 20.3 Å². The van der Waals surface area contributed by atoms with Gasteiger partial charge in [0.1, 0.15) is 5.82 Å². The molecule has 0 aliphatic carbocycles. The van der Waals surface area contributed by atoms with Gasteiger partial charge in [-0.1, -0.05) is 63.2 Å². The van der Waals surface area contributed by atoms with Crippen LogP contribution in [-0.4, -0.2) is 38.3 Å². The number of urea groups is 1. The maximum absolute atomic E-state index is 13.0. The van der Waals surface area contributed by atoms with E-state index in [2.05, 4.69) is 66.6 Å². The molecule has 198 valence electrons. The third-order valence-electron chi connectivity index (χ3n) is 6.82. The first-order valence-electron chi connectivity index (χ1n) is 13.0. The third-order valence-corrected chi connectivity index (χ3v) is 6.82. The lowest BCUT2D eigenvalue weighted by Gasteiger charge is -2.21. The molecular weight excluding hydrogens is 472 g/mol. The predicted octanol–water partition coefficient (Wildman–Crippen LogP) is 7.62. The smallest absolute Gasteiger partial charge is 0.323 e. The van der Waals surface area contributed by atoms with Gasteiger partial charge in [0.25, 0.3) is 0 Å². The van der Waals surface area contributed by atoms with E-state index in [0.717, 1.165) is 64.2 Å². The Morgan fingerprint density at radius 2 is 1.68 bits per heavy atom. The summed E-state index contributed by atoms with van der Waals surface area (Å²) in [7, 11) is 3.76. The Morgan fingerprint density at radius 3 is 2.37 bits per heavy atom. The van der Waals surface area contributed by atoms with Crippen molar-refractivity contribution in [3.63, 3.8) is 0 Å². The molecule has 0 aliphatic heterocycles. The minimum atomic E-state index is -0.264. The van der Waals surface area contributed by atoms with Crippen molar-refractivity contribution in [3.05, 3.63) is 84.1 Å². The van der Waals surface area contributed by atoms with Crippen LogP contribution in [0.2, 0.25) is 0 Å². The molecule has 0 saturated carbocycles. The van der Waals surface area contributed by atoms with Gasteiger partial charge in [-0.15, -0.1) is 0 Å². The lowest BCUT2D eigenvalue weighted by Crippen LogP contribution is -2.21. The summed E-state index contributed by atoms with van der Waals surface area (Å²) in [5.41, 5.74) is 5.87.